The first-order valence-electron chi connectivity index (χ1n) is 9.93. The monoisotopic (exact) mass is 398 g/mol. The standard InChI is InChI=1S/C21H30N6O2/c1-25(2)20(28)14-23-21(22-13-19-10-7-11-29-19)26(3)15-17-12-24-27(16-17)18-8-5-4-6-9-18/h4-6,8-9,12,16,19H,7,10-11,13-15H2,1-3H3,(H,22,23). The predicted octanol–water partition coefficient (Wildman–Crippen LogP) is 1.52. The summed E-state index contributed by atoms with van der Waals surface area (Å²) in [4.78, 5) is 20.1. The molecule has 0 aliphatic carbocycles. The van der Waals surface area contributed by atoms with Crippen LogP contribution in [0.15, 0.2) is 47.7 Å². The van der Waals surface area contributed by atoms with Gasteiger partial charge in [0, 0.05) is 52.6 Å². The van der Waals surface area contributed by atoms with Crippen LogP contribution in [0.1, 0.15) is 18.4 Å². The van der Waals surface area contributed by atoms with Crippen molar-refractivity contribution in [1.82, 2.24) is 24.9 Å². The number of para-hydroxylation sites is 1. The zero-order valence-electron chi connectivity index (χ0n) is 17.4. The number of aromatic nitrogens is 2. The Hall–Kier alpha value is -2.87. The second-order valence-electron chi connectivity index (χ2n) is 7.43. The molecule has 8 heteroatoms. The number of likely N-dealkylation sites (N-methyl/N-ethyl adjacent to an activating group) is 1. The van der Waals surface area contributed by atoms with E-state index in [1.165, 1.54) is 0 Å². The van der Waals surface area contributed by atoms with Crippen LogP contribution in [0, 0.1) is 0 Å². The van der Waals surface area contributed by atoms with Crippen LogP contribution in [0.4, 0.5) is 0 Å². The molecule has 1 atom stereocenters. The number of guanidine groups is 1. The minimum Gasteiger partial charge on any atom is -0.376 e. The number of carbonyl (C=O) groups excluding carboxylic acids is 1. The van der Waals surface area contributed by atoms with Crippen molar-refractivity contribution < 1.29 is 9.53 Å². The molecule has 1 saturated heterocycles. The van der Waals surface area contributed by atoms with E-state index in [0.717, 1.165) is 30.7 Å². The molecule has 156 valence electrons. The normalized spacial score (nSPS) is 16.7. The summed E-state index contributed by atoms with van der Waals surface area (Å²) in [7, 11) is 5.43. The Morgan fingerprint density at radius 1 is 1.31 bits per heavy atom. The molecule has 1 fully saturated rings. The van der Waals surface area contributed by atoms with Crippen molar-refractivity contribution in [2.24, 2.45) is 4.99 Å². The van der Waals surface area contributed by atoms with Gasteiger partial charge in [0.25, 0.3) is 0 Å². The molecular weight excluding hydrogens is 368 g/mol. The van der Waals surface area contributed by atoms with Crippen molar-refractivity contribution in [3.63, 3.8) is 0 Å². The Morgan fingerprint density at radius 2 is 2.10 bits per heavy atom. The molecule has 29 heavy (non-hydrogen) atoms. The molecule has 1 aliphatic rings. The number of nitrogens with one attached hydrogen (secondary N) is 1. The van der Waals surface area contributed by atoms with Gasteiger partial charge in [0.15, 0.2) is 5.96 Å². The van der Waals surface area contributed by atoms with Gasteiger partial charge in [-0.1, -0.05) is 18.2 Å². The zero-order valence-corrected chi connectivity index (χ0v) is 17.4. The lowest BCUT2D eigenvalue weighted by Gasteiger charge is -2.23. The quantitative estimate of drug-likeness (QED) is 0.565. The molecule has 1 aromatic heterocycles. The van der Waals surface area contributed by atoms with Gasteiger partial charge in [-0.2, -0.15) is 5.10 Å². The average Bonchev–Trinajstić information content (AvgIpc) is 3.40. The number of rotatable bonds is 7. The molecule has 0 radical (unpaired) electrons. The maximum absolute atomic E-state index is 12.0. The second-order valence-corrected chi connectivity index (χ2v) is 7.43. The lowest BCUT2D eigenvalue weighted by atomic mass is 10.2. The van der Waals surface area contributed by atoms with Crippen LogP contribution in [0.5, 0.6) is 0 Å². The molecule has 1 unspecified atom stereocenters. The SMILES string of the molecule is CN(C)C(=O)CN=C(NCC1CCCO1)N(C)Cc1cnn(-c2ccccc2)c1. The second kappa shape index (κ2) is 10.1. The molecule has 1 N–H and O–H groups in total. The number of benzene rings is 1. The molecule has 0 spiro atoms. The minimum absolute atomic E-state index is 0.0355. The maximum Gasteiger partial charge on any atom is 0.243 e. The van der Waals surface area contributed by atoms with E-state index >= 15 is 0 Å². The third kappa shape index (κ3) is 6.05. The van der Waals surface area contributed by atoms with Gasteiger partial charge in [-0.25, -0.2) is 9.67 Å². The van der Waals surface area contributed by atoms with E-state index in [2.05, 4.69) is 15.4 Å². The molecule has 1 aromatic carbocycles. The summed E-state index contributed by atoms with van der Waals surface area (Å²) in [5.74, 6) is 0.648. The van der Waals surface area contributed by atoms with Crippen LogP contribution in [-0.4, -0.2) is 78.4 Å². The Kier molecular flexibility index (Phi) is 7.24. The molecule has 1 aliphatic heterocycles. The first kappa shape index (κ1) is 20.9. The van der Waals surface area contributed by atoms with E-state index in [1.54, 1.807) is 19.0 Å². The first-order valence-corrected chi connectivity index (χ1v) is 9.93. The summed E-state index contributed by atoms with van der Waals surface area (Å²) < 4.78 is 7.55. The molecule has 2 aromatic rings. The summed E-state index contributed by atoms with van der Waals surface area (Å²) in [6.07, 6.45) is 6.19. The minimum atomic E-state index is -0.0355. The van der Waals surface area contributed by atoms with E-state index in [-0.39, 0.29) is 18.6 Å². The fourth-order valence-corrected chi connectivity index (χ4v) is 3.12. The maximum atomic E-state index is 12.0. The van der Waals surface area contributed by atoms with Crippen molar-refractivity contribution in [2.45, 2.75) is 25.5 Å². The van der Waals surface area contributed by atoms with Crippen molar-refractivity contribution in [1.29, 1.82) is 0 Å². The fraction of sp³-hybridized carbons (Fsp3) is 0.476. The smallest absolute Gasteiger partial charge is 0.243 e. The van der Waals surface area contributed by atoms with E-state index < -0.39 is 0 Å². The molecule has 2 heterocycles. The van der Waals surface area contributed by atoms with Gasteiger partial charge in [0.05, 0.1) is 18.0 Å². The van der Waals surface area contributed by atoms with E-state index in [9.17, 15) is 4.79 Å². The Labute approximate surface area is 172 Å². The van der Waals surface area contributed by atoms with Gasteiger partial charge in [0.1, 0.15) is 6.54 Å². The number of ether oxygens (including phenoxy) is 1. The van der Waals surface area contributed by atoms with Gasteiger partial charge in [0.2, 0.25) is 5.91 Å². The number of carbonyl (C=O) groups is 1. The highest BCUT2D eigenvalue weighted by molar-refractivity contribution is 5.84. The number of hydrogen-bond donors (Lipinski definition) is 1. The highest BCUT2D eigenvalue weighted by Crippen LogP contribution is 2.12. The van der Waals surface area contributed by atoms with Gasteiger partial charge >= 0.3 is 0 Å². The number of aliphatic imine (C=N–C) groups is 1. The van der Waals surface area contributed by atoms with Crippen LogP contribution >= 0.6 is 0 Å². The van der Waals surface area contributed by atoms with Gasteiger partial charge in [-0.3, -0.25) is 4.79 Å². The Bertz CT molecular complexity index is 812. The van der Waals surface area contributed by atoms with Crippen LogP contribution in [0.3, 0.4) is 0 Å². The Balaban J connectivity index is 1.66. The molecule has 0 bridgehead atoms. The number of amides is 1. The third-order valence-electron chi connectivity index (χ3n) is 4.81. The topological polar surface area (TPSA) is 75.0 Å². The highest BCUT2D eigenvalue weighted by Gasteiger charge is 2.17. The summed E-state index contributed by atoms with van der Waals surface area (Å²) in [5.41, 5.74) is 2.07. The lowest BCUT2D eigenvalue weighted by molar-refractivity contribution is -0.127. The van der Waals surface area contributed by atoms with Gasteiger partial charge in [-0.05, 0) is 25.0 Å². The van der Waals surface area contributed by atoms with Crippen molar-refractivity contribution in [3.8, 4) is 5.69 Å². The third-order valence-corrected chi connectivity index (χ3v) is 4.81. The van der Waals surface area contributed by atoms with Crippen LogP contribution < -0.4 is 5.32 Å². The van der Waals surface area contributed by atoms with Crippen LogP contribution in [0.2, 0.25) is 0 Å². The number of nitrogens with zero attached hydrogens (tertiary/aromatic N) is 5. The molecule has 1 amide bonds. The van der Waals surface area contributed by atoms with E-state index in [0.29, 0.717) is 19.0 Å². The van der Waals surface area contributed by atoms with E-state index in [1.807, 2.05) is 59.4 Å². The summed E-state index contributed by atoms with van der Waals surface area (Å²) in [6, 6.07) is 10.0. The van der Waals surface area contributed by atoms with Gasteiger partial charge < -0.3 is 19.9 Å². The zero-order chi connectivity index (χ0) is 20.6. The average molecular weight is 399 g/mol. The molecular formula is C21H30N6O2. The first-order chi connectivity index (χ1) is 14.0. The highest BCUT2D eigenvalue weighted by atomic mass is 16.5. The number of hydrogen-bond acceptors (Lipinski definition) is 4. The van der Waals surface area contributed by atoms with Crippen LogP contribution in [-0.2, 0) is 16.1 Å². The Morgan fingerprint density at radius 3 is 2.79 bits per heavy atom. The van der Waals surface area contributed by atoms with Crippen molar-refractivity contribution in [2.75, 3.05) is 40.8 Å². The van der Waals surface area contributed by atoms with Crippen molar-refractivity contribution in [3.05, 3.63) is 48.3 Å². The van der Waals surface area contributed by atoms with Gasteiger partial charge in [-0.15, -0.1) is 0 Å². The van der Waals surface area contributed by atoms with Crippen molar-refractivity contribution >= 4 is 11.9 Å². The fourth-order valence-electron chi connectivity index (χ4n) is 3.12. The molecule has 0 saturated carbocycles. The summed E-state index contributed by atoms with van der Waals surface area (Å²) in [6.45, 7) is 2.23. The lowest BCUT2D eigenvalue weighted by Crippen LogP contribution is -2.42. The molecule has 3 rings (SSSR count). The van der Waals surface area contributed by atoms with E-state index in [4.69, 9.17) is 4.74 Å². The summed E-state index contributed by atoms with van der Waals surface area (Å²) in [5, 5.41) is 7.82. The summed E-state index contributed by atoms with van der Waals surface area (Å²) >= 11 is 0. The largest absolute Gasteiger partial charge is 0.376 e. The van der Waals surface area contributed by atoms with Crippen LogP contribution in [0.25, 0.3) is 5.69 Å². The predicted molar refractivity (Wildman–Crippen MR) is 113 cm³/mol. The molecule has 8 nitrogen and oxygen atoms in total.